The molecule has 3 nitrogen and oxygen atoms in total. The fraction of sp³-hybridized carbons (Fsp3) is 0.615. The van der Waals surface area contributed by atoms with E-state index in [1.165, 1.54) is 4.88 Å². The molecule has 1 amide bonds. The minimum absolute atomic E-state index is 0.0175. The lowest BCUT2D eigenvalue weighted by Gasteiger charge is -2.19. The summed E-state index contributed by atoms with van der Waals surface area (Å²) in [6.45, 7) is 4.94. The molecular weight excluding hydrogens is 234 g/mol. The fourth-order valence-electron chi connectivity index (χ4n) is 2.07. The number of hydrogen-bond acceptors (Lipinski definition) is 3. The summed E-state index contributed by atoms with van der Waals surface area (Å²) in [4.78, 5) is 13.2. The zero-order valence-corrected chi connectivity index (χ0v) is 11.2. The van der Waals surface area contributed by atoms with E-state index in [0.717, 1.165) is 31.4 Å². The summed E-state index contributed by atoms with van der Waals surface area (Å²) in [6, 6.07) is 2.07. The Balaban J connectivity index is 1.91. The molecule has 1 aliphatic heterocycles. The molecule has 0 unspecified atom stereocenters. The maximum atomic E-state index is 12.0. The van der Waals surface area contributed by atoms with Gasteiger partial charge < -0.3 is 10.1 Å². The summed E-state index contributed by atoms with van der Waals surface area (Å²) >= 11 is 1.65. The molecule has 0 aromatic carbocycles. The lowest BCUT2D eigenvalue weighted by molar-refractivity contribution is 0.0712. The number of hydrogen-bond donors (Lipinski definition) is 1. The second-order valence-electron chi connectivity index (χ2n) is 4.47. The highest BCUT2D eigenvalue weighted by molar-refractivity contribution is 7.10. The van der Waals surface area contributed by atoms with Gasteiger partial charge in [0.2, 0.25) is 0 Å². The zero-order valence-electron chi connectivity index (χ0n) is 10.4. The van der Waals surface area contributed by atoms with Crippen LogP contribution in [-0.2, 0) is 11.2 Å². The first kappa shape index (κ1) is 12.6. The lowest BCUT2D eigenvalue weighted by atomic mass is 10.1. The smallest absolute Gasteiger partial charge is 0.252 e. The van der Waals surface area contributed by atoms with E-state index in [9.17, 15) is 4.79 Å². The Hall–Kier alpha value is -0.870. The van der Waals surface area contributed by atoms with Gasteiger partial charge in [-0.15, -0.1) is 11.3 Å². The normalized spacial score (nSPS) is 21.4. The van der Waals surface area contributed by atoms with Gasteiger partial charge in [-0.3, -0.25) is 4.79 Å². The van der Waals surface area contributed by atoms with Crippen molar-refractivity contribution >= 4 is 17.2 Å². The predicted molar refractivity (Wildman–Crippen MR) is 69.6 cm³/mol. The van der Waals surface area contributed by atoms with Crippen LogP contribution in [0.15, 0.2) is 11.4 Å². The van der Waals surface area contributed by atoms with E-state index >= 15 is 0 Å². The molecule has 1 fully saturated rings. The minimum Gasteiger partial charge on any atom is -0.376 e. The van der Waals surface area contributed by atoms with Crippen molar-refractivity contribution in [2.75, 3.05) is 6.61 Å². The third-order valence-electron chi connectivity index (χ3n) is 3.15. The van der Waals surface area contributed by atoms with Crippen molar-refractivity contribution in [1.82, 2.24) is 5.32 Å². The number of nitrogens with one attached hydrogen (secondary N) is 1. The van der Waals surface area contributed by atoms with Crippen LogP contribution in [0.25, 0.3) is 0 Å². The Morgan fingerprint density at radius 3 is 3.12 bits per heavy atom. The first-order valence-corrected chi connectivity index (χ1v) is 7.08. The van der Waals surface area contributed by atoms with E-state index in [1.807, 2.05) is 18.4 Å². The molecule has 0 bridgehead atoms. The molecule has 1 saturated heterocycles. The van der Waals surface area contributed by atoms with Crippen LogP contribution < -0.4 is 5.32 Å². The predicted octanol–water partition coefficient (Wildman–Crippen LogP) is 2.61. The van der Waals surface area contributed by atoms with Crippen molar-refractivity contribution in [1.29, 1.82) is 0 Å². The van der Waals surface area contributed by atoms with E-state index < -0.39 is 0 Å². The molecule has 0 radical (unpaired) electrons. The summed E-state index contributed by atoms with van der Waals surface area (Å²) in [5.74, 6) is 0.0175. The summed E-state index contributed by atoms with van der Waals surface area (Å²) < 4.78 is 5.57. The van der Waals surface area contributed by atoms with Gasteiger partial charge in [-0.2, -0.15) is 0 Å². The summed E-state index contributed by atoms with van der Waals surface area (Å²) in [5.41, 5.74) is 0.775. The topological polar surface area (TPSA) is 38.3 Å². The molecule has 1 aromatic rings. The monoisotopic (exact) mass is 253 g/mol. The first-order chi connectivity index (χ1) is 8.20. The van der Waals surface area contributed by atoms with Crippen molar-refractivity contribution in [3.05, 3.63) is 21.9 Å². The number of thiophene rings is 1. The average Bonchev–Trinajstić information content (AvgIpc) is 3.00. The van der Waals surface area contributed by atoms with Crippen LogP contribution >= 0.6 is 11.3 Å². The molecule has 4 heteroatoms. The molecule has 2 atom stereocenters. The molecule has 0 aliphatic carbocycles. The Morgan fingerprint density at radius 2 is 2.53 bits per heavy atom. The van der Waals surface area contributed by atoms with Gasteiger partial charge in [-0.25, -0.2) is 0 Å². The van der Waals surface area contributed by atoms with Gasteiger partial charge in [0.15, 0.2) is 0 Å². The maximum absolute atomic E-state index is 12.0. The Kier molecular flexibility index (Phi) is 4.18. The Bertz CT molecular complexity index is 383. The fourth-order valence-corrected chi connectivity index (χ4v) is 2.88. The van der Waals surface area contributed by atoms with E-state index in [2.05, 4.69) is 12.2 Å². The van der Waals surface area contributed by atoms with Gasteiger partial charge >= 0.3 is 0 Å². The molecule has 1 N–H and O–H groups in total. The van der Waals surface area contributed by atoms with Crippen molar-refractivity contribution in [2.24, 2.45) is 0 Å². The second-order valence-corrected chi connectivity index (χ2v) is 5.46. The van der Waals surface area contributed by atoms with Crippen molar-refractivity contribution < 1.29 is 9.53 Å². The van der Waals surface area contributed by atoms with E-state index in [-0.39, 0.29) is 18.1 Å². The summed E-state index contributed by atoms with van der Waals surface area (Å²) in [6.07, 6.45) is 3.32. The van der Waals surface area contributed by atoms with E-state index in [1.54, 1.807) is 11.3 Å². The van der Waals surface area contributed by atoms with Gasteiger partial charge in [-0.1, -0.05) is 6.92 Å². The van der Waals surface area contributed by atoms with Crippen LogP contribution in [0.1, 0.15) is 41.9 Å². The van der Waals surface area contributed by atoms with Crippen LogP contribution in [0.5, 0.6) is 0 Å². The summed E-state index contributed by atoms with van der Waals surface area (Å²) in [7, 11) is 0. The van der Waals surface area contributed by atoms with Gasteiger partial charge in [0, 0.05) is 16.9 Å². The first-order valence-electron chi connectivity index (χ1n) is 6.20. The van der Waals surface area contributed by atoms with Crippen molar-refractivity contribution in [2.45, 2.75) is 45.3 Å². The van der Waals surface area contributed by atoms with E-state index in [4.69, 9.17) is 4.74 Å². The third-order valence-corrected chi connectivity index (χ3v) is 4.23. The van der Waals surface area contributed by atoms with Gasteiger partial charge in [0.25, 0.3) is 5.91 Å². The number of amides is 1. The Labute approximate surface area is 106 Å². The van der Waals surface area contributed by atoms with Crippen LogP contribution in [-0.4, -0.2) is 24.7 Å². The van der Waals surface area contributed by atoms with Crippen molar-refractivity contribution in [3.63, 3.8) is 0 Å². The van der Waals surface area contributed by atoms with Crippen LogP contribution in [0.4, 0.5) is 0 Å². The molecule has 94 valence electrons. The zero-order chi connectivity index (χ0) is 12.3. The number of carbonyl (C=O) groups excluding carboxylic acids is 1. The molecule has 0 saturated carbocycles. The SMILES string of the molecule is CCc1cc(C(=O)N[C@@H](C)[C@H]2CCCO2)cs1. The van der Waals surface area contributed by atoms with Gasteiger partial charge in [-0.05, 0) is 32.3 Å². The average molecular weight is 253 g/mol. The number of aryl methyl sites for hydroxylation is 1. The van der Waals surface area contributed by atoms with Crippen LogP contribution in [0, 0.1) is 0 Å². The number of rotatable bonds is 4. The molecule has 0 spiro atoms. The molecule has 2 heterocycles. The Morgan fingerprint density at radius 1 is 1.71 bits per heavy atom. The van der Waals surface area contributed by atoms with Gasteiger partial charge in [0.05, 0.1) is 17.7 Å². The van der Waals surface area contributed by atoms with E-state index in [0.29, 0.717) is 0 Å². The standard InChI is InChI=1S/C13H19NO2S/c1-3-11-7-10(8-17-11)13(15)14-9(2)12-5-4-6-16-12/h7-9,12H,3-6H2,1-2H3,(H,14,15)/t9-,12+/m0/s1. The molecule has 17 heavy (non-hydrogen) atoms. The van der Waals surface area contributed by atoms with Crippen LogP contribution in [0.2, 0.25) is 0 Å². The number of carbonyl (C=O) groups is 1. The van der Waals surface area contributed by atoms with Crippen molar-refractivity contribution in [3.8, 4) is 0 Å². The van der Waals surface area contributed by atoms with Gasteiger partial charge in [0.1, 0.15) is 0 Å². The summed E-state index contributed by atoms with van der Waals surface area (Å²) in [5, 5.41) is 4.95. The minimum atomic E-state index is 0.0175. The highest BCUT2D eigenvalue weighted by Crippen LogP contribution is 2.18. The number of ether oxygens (including phenoxy) is 1. The highest BCUT2D eigenvalue weighted by atomic mass is 32.1. The lowest BCUT2D eigenvalue weighted by Crippen LogP contribution is -2.40. The second kappa shape index (κ2) is 5.65. The molecule has 1 aliphatic rings. The molecule has 2 rings (SSSR count). The third kappa shape index (κ3) is 3.07. The maximum Gasteiger partial charge on any atom is 0.252 e. The molecule has 1 aromatic heterocycles. The van der Waals surface area contributed by atoms with Crippen LogP contribution in [0.3, 0.4) is 0 Å². The quantitative estimate of drug-likeness (QED) is 0.895. The largest absolute Gasteiger partial charge is 0.376 e. The molecular formula is C13H19NO2S. The highest BCUT2D eigenvalue weighted by Gasteiger charge is 2.24.